The van der Waals surface area contributed by atoms with Crippen LogP contribution in [0.2, 0.25) is 0 Å². The highest BCUT2D eigenvalue weighted by atomic mass is 79.9. The Morgan fingerprint density at radius 1 is 1.25 bits per heavy atom. The summed E-state index contributed by atoms with van der Waals surface area (Å²) in [6.07, 6.45) is 0. The van der Waals surface area contributed by atoms with Crippen LogP contribution in [0, 0.1) is 0 Å². The van der Waals surface area contributed by atoms with E-state index in [2.05, 4.69) is 26.6 Å². The van der Waals surface area contributed by atoms with Gasteiger partial charge in [0.25, 0.3) is 5.91 Å². The number of anilines is 2. The molecular formula is C15H16BrN3O. The lowest BCUT2D eigenvalue weighted by molar-refractivity contribution is 0.0963. The van der Waals surface area contributed by atoms with Crippen molar-refractivity contribution in [3.63, 3.8) is 0 Å². The molecule has 0 radical (unpaired) electrons. The number of nitrogen functional groups attached to an aromatic ring is 1. The zero-order valence-corrected chi connectivity index (χ0v) is 12.7. The Labute approximate surface area is 126 Å². The largest absolute Gasteiger partial charge is 0.397 e. The zero-order chi connectivity index (χ0) is 14.5. The Morgan fingerprint density at radius 2 is 2.00 bits per heavy atom. The number of amides is 1. The van der Waals surface area contributed by atoms with Gasteiger partial charge in [-0.2, -0.15) is 0 Å². The van der Waals surface area contributed by atoms with Gasteiger partial charge in [-0.3, -0.25) is 4.79 Å². The molecule has 4 nitrogen and oxygen atoms in total. The highest BCUT2D eigenvalue weighted by molar-refractivity contribution is 9.10. The van der Waals surface area contributed by atoms with Gasteiger partial charge in [0.2, 0.25) is 0 Å². The van der Waals surface area contributed by atoms with Crippen molar-refractivity contribution in [3.05, 3.63) is 58.1 Å². The zero-order valence-electron chi connectivity index (χ0n) is 11.1. The van der Waals surface area contributed by atoms with E-state index in [1.165, 1.54) is 0 Å². The number of benzene rings is 2. The number of hydrogen-bond acceptors (Lipinski definition) is 3. The summed E-state index contributed by atoms with van der Waals surface area (Å²) in [7, 11) is 1.60. The van der Waals surface area contributed by atoms with Crippen molar-refractivity contribution in [1.82, 2.24) is 5.32 Å². The van der Waals surface area contributed by atoms with Crippen LogP contribution >= 0.6 is 15.9 Å². The van der Waals surface area contributed by atoms with E-state index < -0.39 is 0 Å². The van der Waals surface area contributed by atoms with Gasteiger partial charge in [0.05, 0.1) is 11.4 Å². The Hall–Kier alpha value is -2.01. The highest BCUT2D eigenvalue weighted by Gasteiger charge is 2.07. The molecule has 0 aliphatic carbocycles. The van der Waals surface area contributed by atoms with Gasteiger partial charge in [-0.15, -0.1) is 0 Å². The molecule has 2 aromatic carbocycles. The maximum atomic E-state index is 11.6. The van der Waals surface area contributed by atoms with E-state index in [1.807, 2.05) is 24.3 Å². The van der Waals surface area contributed by atoms with Crippen LogP contribution < -0.4 is 16.4 Å². The Balaban J connectivity index is 2.17. The SMILES string of the molecule is CNC(=O)c1ccc(N)c(NCc2ccccc2Br)c1. The average molecular weight is 334 g/mol. The molecule has 5 heteroatoms. The summed E-state index contributed by atoms with van der Waals surface area (Å²) < 4.78 is 1.04. The smallest absolute Gasteiger partial charge is 0.251 e. The minimum atomic E-state index is -0.131. The van der Waals surface area contributed by atoms with E-state index >= 15 is 0 Å². The van der Waals surface area contributed by atoms with Gasteiger partial charge in [-0.05, 0) is 29.8 Å². The van der Waals surface area contributed by atoms with Gasteiger partial charge in [0.1, 0.15) is 0 Å². The minimum absolute atomic E-state index is 0.131. The monoisotopic (exact) mass is 333 g/mol. The molecule has 1 amide bonds. The molecule has 0 heterocycles. The Kier molecular flexibility index (Phi) is 4.63. The lowest BCUT2D eigenvalue weighted by Crippen LogP contribution is -2.18. The topological polar surface area (TPSA) is 67.2 Å². The third-order valence-corrected chi connectivity index (χ3v) is 3.74. The summed E-state index contributed by atoms with van der Waals surface area (Å²) >= 11 is 3.50. The van der Waals surface area contributed by atoms with Crippen molar-refractivity contribution in [1.29, 1.82) is 0 Å². The molecule has 0 saturated carbocycles. The summed E-state index contributed by atoms with van der Waals surface area (Å²) in [5.41, 5.74) is 9.00. The summed E-state index contributed by atoms with van der Waals surface area (Å²) in [6, 6.07) is 13.1. The minimum Gasteiger partial charge on any atom is -0.397 e. The fraction of sp³-hybridized carbons (Fsp3) is 0.133. The Bertz CT molecular complexity index is 628. The number of halogens is 1. The second kappa shape index (κ2) is 6.43. The van der Waals surface area contributed by atoms with Crippen LogP contribution in [0.5, 0.6) is 0 Å². The maximum Gasteiger partial charge on any atom is 0.251 e. The van der Waals surface area contributed by atoms with Crippen molar-refractivity contribution in [2.24, 2.45) is 0 Å². The fourth-order valence-electron chi connectivity index (χ4n) is 1.83. The van der Waals surface area contributed by atoms with E-state index in [4.69, 9.17) is 5.73 Å². The van der Waals surface area contributed by atoms with Gasteiger partial charge in [0.15, 0.2) is 0 Å². The summed E-state index contributed by atoms with van der Waals surface area (Å²) in [4.78, 5) is 11.6. The van der Waals surface area contributed by atoms with E-state index in [1.54, 1.807) is 25.2 Å². The normalized spacial score (nSPS) is 10.1. The lowest BCUT2D eigenvalue weighted by atomic mass is 10.1. The fourth-order valence-corrected chi connectivity index (χ4v) is 2.25. The molecule has 0 fully saturated rings. The van der Waals surface area contributed by atoms with Crippen LogP contribution in [-0.4, -0.2) is 13.0 Å². The second-order valence-electron chi connectivity index (χ2n) is 4.33. The third-order valence-electron chi connectivity index (χ3n) is 2.97. The van der Waals surface area contributed by atoms with Crippen molar-refractivity contribution in [3.8, 4) is 0 Å². The quantitative estimate of drug-likeness (QED) is 0.753. The van der Waals surface area contributed by atoms with Crippen molar-refractivity contribution >= 4 is 33.2 Å². The van der Waals surface area contributed by atoms with Crippen molar-refractivity contribution < 1.29 is 4.79 Å². The second-order valence-corrected chi connectivity index (χ2v) is 5.18. The molecule has 0 saturated heterocycles. The molecule has 0 atom stereocenters. The van der Waals surface area contributed by atoms with E-state index in [0.29, 0.717) is 17.8 Å². The van der Waals surface area contributed by atoms with Crippen LogP contribution in [0.4, 0.5) is 11.4 Å². The molecule has 0 aliphatic rings. The molecule has 104 valence electrons. The van der Waals surface area contributed by atoms with Gasteiger partial charge >= 0.3 is 0 Å². The van der Waals surface area contributed by atoms with E-state index in [-0.39, 0.29) is 5.91 Å². The van der Waals surface area contributed by atoms with Crippen LogP contribution in [0.15, 0.2) is 46.9 Å². The predicted octanol–water partition coefficient (Wildman–Crippen LogP) is 3.00. The molecule has 20 heavy (non-hydrogen) atoms. The first-order valence-corrected chi connectivity index (χ1v) is 7.00. The maximum absolute atomic E-state index is 11.6. The molecule has 4 N–H and O–H groups in total. The van der Waals surface area contributed by atoms with E-state index in [9.17, 15) is 4.79 Å². The van der Waals surface area contributed by atoms with Crippen LogP contribution in [0.1, 0.15) is 15.9 Å². The van der Waals surface area contributed by atoms with Crippen LogP contribution in [0.25, 0.3) is 0 Å². The number of hydrogen-bond donors (Lipinski definition) is 3. The van der Waals surface area contributed by atoms with Gasteiger partial charge < -0.3 is 16.4 Å². The number of rotatable bonds is 4. The molecule has 2 aromatic rings. The average Bonchev–Trinajstić information content (AvgIpc) is 2.47. The summed E-state index contributed by atoms with van der Waals surface area (Å²) in [5, 5.41) is 5.85. The van der Waals surface area contributed by atoms with Gasteiger partial charge in [0, 0.05) is 23.6 Å². The predicted molar refractivity (Wildman–Crippen MR) is 85.7 cm³/mol. The van der Waals surface area contributed by atoms with Gasteiger partial charge in [-0.25, -0.2) is 0 Å². The number of carbonyl (C=O) groups excluding carboxylic acids is 1. The van der Waals surface area contributed by atoms with Crippen LogP contribution in [0.3, 0.4) is 0 Å². The first-order chi connectivity index (χ1) is 9.61. The molecular weight excluding hydrogens is 318 g/mol. The first kappa shape index (κ1) is 14.4. The number of carbonyl (C=O) groups is 1. The van der Waals surface area contributed by atoms with Gasteiger partial charge in [-0.1, -0.05) is 34.1 Å². The highest BCUT2D eigenvalue weighted by Crippen LogP contribution is 2.22. The van der Waals surface area contributed by atoms with E-state index in [0.717, 1.165) is 15.7 Å². The molecule has 0 spiro atoms. The van der Waals surface area contributed by atoms with Crippen molar-refractivity contribution in [2.75, 3.05) is 18.1 Å². The molecule has 2 rings (SSSR count). The molecule has 0 bridgehead atoms. The summed E-state index contributed by atoms with van der Waals surface area (Å²) in [6.45, 7) is 0.628. The lowest BCUT2D eigenvalue weighted by Gasteiger charge is -2.12. The molecule has 0 unspecified atom stereocenters. The molecule has 0 aromatic heterocycles. The summed E-state index contributed by atoms with van der Waals surface area (Å²) in [5.74, 6) is -0.131. The molecule has 0 aliphatic heterocycles. The standard InChI is InChI=1S/C15H16BrN3O/c1-18-15(20)10-6-7-13(17)14(8-10)19-9-11-4-2-3-5-12(11)16/h2-8,19H,9,17H2,1H3,(H,18,20). The number of nitrogens with one attached hydrogen (secondary N) is 2. The first-order valence-electron chi connectivity index (χ1n) is 6.20. The van der Waals surface area contributed by atoms with Crippen LogP contribution in [-0.2, 0) is 6.54 Å². The Morgan fingerprint density at radius 3 is 2.70 bits per heavy atom. The third kappa shape index (κ3) is 3.30. The van der Waals surface area contributed by atoms with Crippen molar-refractivity contribution in [2.45, 2.75) is 6.54 Å². The number of nitrogens with two attached hydrogens (primary N) is 1.